The molecule has 0 saturated carbocycles. The molecule has 1 N–H and O–H groups in total. The summed E-state index contributed by atoms with van der Waals surface area (Å²) in [5, 5.41) is 13.9. The molecule has 5 aromatic rings. The van der Waals surface area contributed by atoms with Crippen molar-refractivity contribution in [3.63, 3.8) is 0 Å². The zero-order chi connectivity index (χ0) is 16.6. The first-order valence-electron chi connectivity index (χ1n) is 7.76. The van der Waals surface area contributed by atoms with Crippen LogP contribution in [0.3, 0.4) is 0 Å². The number of benzene rings is 2. The Balaban J connectivity index is 1.56. The average molecular weight is 344 g/mol. The van der Waals surface area contributed by atoms with Crippen LogP contribution < -0.4 is 0 Å². The summed E-state index contributed by atoms with van der Waals surface area (Å²) in [6, 6.07) is 20.0. The SMILES string of the molecule is c1ccc(-c2ccc3nnc(Sc4ccc5[nH]cnc5c4)n3n2)cc1. The van der Waals surface area contributed by atoms with Gasteiger partial charge in [0.15, 0.2) is 5.65 Å². The summed E-state index contributed by atoms with van der Waals surface area (Å²) in [4.78, 5) is 8.43. The van der Waals surface area contributed by atoms with Crippen LogP contribution in [0, 0.1) is 0 Å². The van der Waals surface area contributed by atoms with Crippen molar-refractivity contribution in [2.24, 2.45) is 0 Å². The van der Waals surface area contributed by atoms with Gasteiger partial charge < -0.3 is 4.98 Å². The molecule has 0 spiro atoms. The Labute approximate surface area is 146 Å². The third kappa shape index (κ3) is 2.54. The van der Waals surface area contributed by atoms with Crippen LogP contribution in [0.2, 0.25) is 0 Å². The normalized spacial score (nSPS) is 11.4. The first kappa shape index (κ1) is 14.2. The maximum atomic E-state index is 4.70. The van der Waals surface area contributed by atoms with Gasteiger partial charge in [-0.15, -0.1) is 10.2 Å². The summed E-state index contributed by atoms with van der Waals surface area (Å²) < 4.78 is 1.78. The second-order valence-electron chi connectivity index (χ2n) is 5.52. The number of H-pyrrole nitrogens is 1. The van der Waals surface area contributed by atoms with Gasteiger partial charge in [0, 0.05) is 10.5 Å². The molecule has 120 valence electrons. The molecular formula is C18H12N6S. The Morgan fingerprint density at radius 2 is 1.84 bits per heavy atom. The van der Waals surface area contributed by atoms with Crippen LogP contribution in [0.5, 0.6) is 0 Å². The first-order chi connectivity index (χ1) is 12.4. The standard InChI is InChI=1S/C18H12N6S/c1-2-4-12(5-3-1)14-8-9-17-21-22-18(24(17)23-14)25-13-6-7-15-16(10-13)20-11-19-15/h1-11H,(H,19,20). The molecule has 0 saturated heterocycles. The van der Waals surface area contributed by atoms with Crippen LogP contribution in [0.15, 0.2) is 77.0 Å². The van der Waals surface area contributed by atoms with Gasteiger partial charge >= 0.3 is 0 Å². The molecule has 7 heteroatoms. The molecule has 0 aliphatic carbocycles. The van der Waals surface area contributed by atoms with Crippen molar-refractivity contribution in [3.8, 4) is 11.3 Å². The highest BCUT2D eigenvalue weighted by Crippen LogP contribution is 2.28. The molecule has 3 heterocycles. The van der Waals surface area contributed by atoms with Crippen molar-refractivity contribution in [1.29, 1.82) is 0 Å². The van der Waals surface area contributed by atoms with E-state index in [0.29, 0.717) is 0 Å². The molecule has 0 amide bonds. The van der Waals surface area contributed by atoms with E-state index in [-0.39, 0.29) is 0 Å². The third-order valence-electron chi connectivity index (χ3n) is 3.91. The molecule has 0 fully saturated rings. The molecular weight excluding hydrogens is 332 g/mol. The Kier molecular flexibility index (Phi) is 3.24. The van der Waals surface area contributed by atoms with E-state index in [1.807, 2.05) is 60.7 Å². The van der Waals surface area contributed by atoms with Gasteiger partial charge in [-0.25, -0.2) is 4.98 Å². The van der Waals surface area contributed by atoms with Crippen LogP contribution in [-0.4, -0.2) is 29.8 Å². The van der Waals surface area contributed by atoms with Gasteiger partial charge in [-0.3, -0.25) is 0 Å². The van der Waals surface area contributed by atoms with E-state index in [1.165, 1.54) is 11.8 Å². The highest BCUT2D eigenvalue weighted by atomic mass is 32.2. The fraction of sp³-hybridized carbons (Fsp3) is 0. The van der Waals surface area contributed by atoms with Crippen LogP contribution in [0.25, 0.3) is 27.9 Å². The van der Waals surface area contributed by atoms with Crippen molar-refractivity contribution in [1.82, 2.24) is 29.8 Å². The minimum Gasteiger partial charge on any atom is -0.345 e. The van der Waals surface area contributed by atoms with Gasteiger partial charge in [-0.05, 0) is 42.1 Å². The number of fused-ring (bicyclic) bond motifs is 2. The number of nitrogens with one attached hydrogen (secondary N) is 1. The second kappa shape index (κ2) is 5.71. The predicted molar refractivity (Wildman–Crippen MR) is 96.4 cm³/mol. The maximum absolute atomic E-state index is 4.70. The monoisotopic (exact) mass is 344 g/mol. The fourth-order valence-electron chi connectivity index (χ4n) is 2.68. The van der Waals surface area contributed by atoms with Crippen LogP contribution in [-0.2, 0) is 0 Å². The number of imidazole rings is 1. The van der Waals surface area contributed by atoms with Gasteiger partial charge in [0.1, 0.15) is 0 Å². The van der Waals surface area contributed by atoms with E-state index >= 15 is 0 Å². The number of nitrogens with zero attached hydrogens (tertiary/aromatic N) is 5. The van der Waals surface area contributed by atoms with Crippen molar-refractivity contribution in [2.45, 2.75) is 10.1 Å². The minimum absolute atomic E-state index is 0.725. The molecule has 5 rings (SSSR count). The topological polar surface area (TPSA) is 71.8 Å². The number of rotatable bonds is 3. The van der Waals surface area contributed by atoms with Crippen molar-refractivity contribution in [2.75, 3.05) is 0 Å². The molecule has 0 unspecified atom stereocenters. The molecule has 3 aromatic heterocycles. The Bertz CT molecular complexity index is 1180. The quantitative estimate of drug-likeness (QED) is 0.539. The first-order valence-corrected chi connectivity index (χ1v) is 8.57. The highest BCUT2D eigenvalue weighted by Gasteiger charge is 2.11. The van der Waals surface area contributed by atoms with Gasteiger partial charge in [0.25, 0.3) is 0 Å². The predicted octanol–water partition coefficient (Wildman–Crippen LogP) is 3.82. The number of hydrogen-bond donors (Lipinski definition) is 1. The molecule has 0 atom stereocenters. The van der Waals surface area contributed by atoms with Crippen molar-refractivity contribution >= 4 is 28.4 Å². The molecule has 2 aromatic carbocycles. The van der Waals surface area contributed by atoms with Gasteiger partial charge in [-0.2, -0.15) is 9.61 Å². The zero-order valence-corrected chi connectivity index (χ0v) is 13.8. The minimum atomic E-state index is 0.725. The van der Waals surface area contributed by atoms with E-state index in [2.05, 4.69) is 20.2 Å². The van der Waals surface area contributed by atoms with Gasteiger partial charge in [0.2, 0.25) is 5.16 Å². The number of aromatic amines is 1. The molecule has 0 radical (unpaired) electrons. The summed E-state index contributed by atoms with van der Waals surface area (Å²) in [7, 11) is 0. The zero-order valence-electron chi connectivity index (χ0n) is 13.0. The lowest BCUT2D eigenvalue weighted by Crippen LogP contribution is -1.96. The van der Waals surface area contributed by atoms with Crippen molar-refractivity contribution in [3.05, 3.63) is 67.0 Å². The number of aromatic nitrogens is 6. The lowest BCUT2D eigenvalue weighted by molar-refractivity contribution is 0.813. The van der Waals surface area contributed by atoms with E-state index in [0.717, 1.165) is 38.0 Å². The Morgan fingerprint density at radius 3 is 2.76 bits per heavy atom. The van der Waals surface area contributed by atoms with E-state index in [9.17, 15) is 0 Å². The summed E-state index contributed by atoms with van der Waals surface area (Å²) in [5.41, 5.74) is 4.62. The highest BCUT2D eigenvalue weighted by molar-refractivity contribution is 7.99. The van der Waals surface area contributed by atoms with Crippen LogP contribution in [0.1, 0.15) is 0 Å². The smallest absolute Gasteiger partial charge is 0.217 e. The summed E-state index contributed by atoms with van der Waals surface area (Å²) in [6.45, 7) is 0. The Hall–Kier alpha value is -3.19. The lowest BCUT2D eigenvalue weighted by Gasteiger charge is -2.03. The van der Waals surface area contributed by atoms with E-state index < -0.39 is 0 Å². The molecule has 6 nitrogen and oxygen atoms in total. The molecule has 0 bridgehead atoms. The second-order valence-corrected chi connectivity index (χ2v) is 6.56. The van der Waals surface area contributed by atoms with Crippen molar-refractivity contribution < 1.29 is 0 Å². The molecule has 25 heavy (non-hydrogen) atoms. The summed E-state index contributed by atoms with van der Waals surface area (Å²) in [5.74, 6) is 0. The largest absolute Gasteiger partial charge is 0.345 e. The fourth-order valence-corrected chi connectivity index (χ4v) is 3.50. The van der Waals surface area contributed by atoms with E-state index in [1.54, 1.807) is 10.8 Å². The maximum Gasteiger partial charge on any atom is 0.217 e. The Morgan fingerprint density at radius 1 is 0.920 bits per heavy atom. The molecule has 0 aliphatic rings. The molecule has 0 aliphatic heterocycles. The van der Waals surface area contributed by atoms with Gasteiger partial charge in [-0.1, -0.05) is 30.3 Å². The summed E-state index contributed by atoms with van der Waals surface area (Å²) in [6.07, 6.45) is 1.69. The average Bonchev–Trinajstić information content (AvgIpc) is 3.29. The lowest BCUT2D eigenvalue weighted by atomic mass is 10.1. The van der Waals surface area contributed by atoms with Crippen LogP contribution in [0.4, 0.5) is 0 Å². The summed E-state index contributed by atoms with van der Waals surface area (Å²) >= 11 is 1.52. The number of hydrogen-bond acceptors (Lipinski definition) is 5. The van der Waals surface area contributed by atoms with Crippen LogP contribution >= 0.6 is 11.8 Å². The van der Waals surface area contributed by atoms with Gasteiger partial charge in [0.05, 0.1) is 23.1 Å². The third-order valence-corrected chi connectivity index (χ3v) is 4.83. The van der Waals surface area contributed by atoms with E-state index in [4.69, 9.17) is 5.10 Å².